The number of nitrogens with two attached hydrogens (primary N) is 1. The summed E-state index contributed by atoms with van der Waals surface area (Å²) >= 11 is 5.00. The van der Waals surface area contributed by atoms with Crippen molar-refractivity contribution in [3.05, 3.63) is 0 Å². The molecule has 0 aromatic carbocycles. The standard InChI is InChI=1S/C13H23N3O2S/c1-4-6-15-8-11(18)16(9-10(15)17)7-5-13(2,3)12(14)19/h4-9H2,1-3H3,(H2,14,19). The highest BCUT2D eigenvalue weighted by molar-refractivity contribution is 7.80. The Morgan fingerprint density at radius 2 is 1.68 bits per heavy atom. The first kappa shape index (κ1) is 15.9. The molecular weight excluding hydrogens is 262 g/mol. The SMILES string of the molecule is CCCN1CC(=O)N(CCC(C)(C)C(N)=S)CC1=O. The van der Waals surface area contributed by atoms with Crippen molar-refractivity contribution in [1.29, 1.82) is 0 Å². The highest BCUT2D eigenvalue weighted by atomic mass is 32.1. The number of hydrogen-bond donors (Lipinski definition) is 1. The van der Waals surface area contributed by atoms with Crippen LogP contribution in [0, 0.1) is 5.41 Å². The fraction of sp³-hybridized carbons (Fsp3) is 0.769. The van der Waals surface area contributed by atoms with Crippen LogP contribution >= 0.6 is 12.2 Å². The van der Waals surface area contributed by atoms with Crippen LogP contribution in [-0.4, -0.2) is 52.8 Å². The van der Waals surface area contributed by atoms with Gasteiger partial charge in [0, 0.05) is 18.5 Å². The van der Waals surface area contributed by atoms with Gasteiger partial charge >= 0.3 is 0 Å². The van der Waals surface area contributed by atoms with Crippen LogP contribution in [0.1, 0.15) is 33.6 Å². The van der Waals surface area contributed by atoms with E-state index in [0.29, 0.717) is 24.5 Å². The highest BCUT2D eigenvalue weighted by Gasteiger charge is 2.31. The molecular formula is C13H23N3O2S. The highest BCUT2D eigenvalue weighted by Crippen LogP contribution is 2.21. The van der Waals surface area contributed by atoms with E-state index in [2.05, 4.69) is 0 Å². The van der Waals surface area contributed by atoms with Gasteiger partial charge < -0.3 is 15.5 Å². The zero-order valence-corrected chi connectivity index (χ0v) is 12.8. The molecule has 19 heavy (non-hydrogen) atoms. The van der Waals surface area contributed by atoms with E-state index in [-0.39, 0.29) is 30.3 Å². The van der Waals surface area contributed by atoms with E-state index >= 15 is 0 Å². The third-order valence-electron chi connectivity index (χ3n) is 3.52. The van der Waals surface area contributed by atoms with Crippen molar-refractivity contribution in [2.24, 2.45) is 11.1 Å². The van der Waals surface area contributed by atoms with Gasteiger partial charge in [0.25, 0.3) is 0 Å². The predicted octanol–water partition coefficient (Wildman–Crippen LogP) is 0.770. The van der Waals surface area contributed by atoms with E-state index in [1.54, 1.807) is 9.80 Å². The molecule has 1 heterocycles. The maximum atomic E-state index is 12.0. The second-order valence-corrected chi connectivity index (χ2v) is 6.07. The fourth-order valence-corrected chi connectivity index (χ4v) is 2.02. The second-order valence-electron chi connectivity index (χ2n) is 5.63. The molecule has 1 aliphatic rings. The Bertz CT molecular complexity index is 382. The molecule has 5 nitrogen and oxygen atoms in total. The molecule has 108 valence electrons. The summed E-state index contributed by atoms with van der Waals surface area (Å²) in [4.78, 5) is 27.5. The number of thiocarbonyl (C=S) groups is 1. The number of hydrogen-bond acceptors (Lipinski definition) is 3. The minimum Gasteiger partial charge on any atom is -0.393 e. The molecule has 0 aromatic rings. The summed E-state index contributed by atoms with van der Waals surface area (Å²) in [5.41, 5.74) is 5.37. The van der Waals surface area contributed by atoms with Crippen LogP contribution in [0.3, 0.4) is 0 Å². The summed E-state index contributed by atoms with van der Waals surface area (Å²) in [5.74, 6) is 0.0290. The van der Waals surface area contributed by atoms with Crippen molar-refractivity contribution in [1.82, 2.24) is 9.80 Å². The average molecular weight is 285 g/mol. The third kappa shape index (κ3) is 4.16. The smallest absolute Gasteiger partial charge is 0.242 e. The van der Waals surface area contributed by atoms with Crippen LogP contribution in [0.4, 0.5) is 0 Å². The topological polar surface area (TPSA) is 66.6 Å². The Morgan fingerprint density at radius 1 is 1.21 bits per heavy atom. The summed E-state index contributed by atoms with van der Waals surface area (Å²) in [6.45, 7) is 7.44. The zero-order valence-electron chi connectivity index (χ0n) is 11.9. The number of piperazine rings is 1. The molecule has 0 atom stereocenters. The Morgan fingerprint density at radius 3 is 2.11 bits per heavy atom. The number of rotatable bonds is 6. The molecule has 0 saturated carbocycles. The molecule has 0 unspecified atom stereocenters. The molecule has 1 aliphatic heterocycles. The third-order valence-corrected chi connectivity index (χ3v) is 4.08. The summed E-state index contributed by atoms with van der Waals surface area (Å²) in [7, 11) is 0. The minimum absolute atomic E-state index is 0.00629. The number of amides is 2. The van der Waals surface area contributed by atoms with Crippen LogP contribution in [-0.2, 0) is 9.59 Å². The van der Waals surface area contributed by atoms with Gasteiger partial charge in [0.05, 0.1) is 18.1 Å². The van der Waals surface area contributed by atoms with Gasteiger partial charge in [0.1, 0.15) is 0 Å². The lowest BCUT2D eigenvalue weighted by Gasteiger charge is -2.35. The second kappa shape index (κ2) is 6.32. The minimum atomic E-state index is -0.292. The number of carbonyl (C=O) groups is 2. The van der Waals surface area contributed by atoms with Gasteiger partial charge in [0.2, 0.25) is 11.8 Å². The Balaban J connectivity index is 2.55. The van der Waals surface area contributed by atoms with Crippen LogP contribution in [0.15, 0.2) is 0 Å². The summed E-state index contributed by atoms with van der Waals surface area (Å²) in [6, 6.07) is 0. The number of carbonyl (C=O) groups excluding carboxylic acids is 2. The molecule has 0 aromatic heterocycles. The van der Waals surface area contributed by atoms with E-state index in [4.69, 9.17) is 18.0 Å². The lowest BCUT2D eigenvalue weighted by molar-refractivity contribution is -0.150. The maximum absolute atomic E-state index is 12.0. The van der Waals surface area contributed by atoms with Crippen molar-refractivity contribution < 1.29 is 9.59 Å². The van der Waals surface area contributed by atoms with Gasteiger partial charge in [-0.05, 0) is 12.8 Å². The van der Waals surface area contributed by atoms with Crippen molar-refractivity contribution in [2.75, 3.05) is 26.2 Å². The first-order valence-corrected chi connectivity index (χ1v) is 7.04. The zero-order chi connectivity index (χ0) is 14.6. The van der Waals surface area contributed by atoms with Crippen molar-refractivity contribution >= 4 is 29.0 Å². The molecule has 2 amide bonds. The Labute approximate surface area is 120 Å². The van der Waals surface area contributed by atoms with Crippen LogP contribution < -0.4 is 5.73 Å². The van der Waals surface area contributed by atoms with Crippen LogP contribution in [0.25, 0.3) is 0 Å². The largest absolute Gasteiger partial charge is 0.393 e. The van der Waals surface area contributed by atoms with E-state index in [1.807, 2.05) is 20.8 Å². The Kier molecular flexibility index (Phi) is 5.29. The van der Waals surface area contributed by atoms with E-state index < -0.39 is 0 Å². The summed E-state index contributed by atoms with van der Waals surface area (Å²) < 4.78 is 0. The average Bonchev–Trinajstić information content (AvgIpc) is 2.32. The molecule has 0 spiro atoms. The van der Waals surface area contributed by atoms with Gasteiger partial charge in [-0.15, -0.1) is 0 Å². The van der Waals surface area contributed by atoms with Gasteiger partial charge in [-0.25, -0.2) is 0 Å². The van der Waals surface area contributed by atoms with Crippen molar-refractivity contribution in [3.63, 3.8) is 0 Å². The van der Waals surface area contributed by atoms with Crippen molar-refractivity contribution in [3.8, 4) is 0 Å². The van der Waals surface area contributed by atoms with E-state index in [1.165, 1.54) is 0 Å². The monoisotopic (exact) mass is 285 g/mol. The van der Waals surface area contributed by atoms with Crippen LogP contribution in [0.2, 0.25) is 0 Å². The molecule has 6 heteroatoms. The fourth-order valence-electron chi connectivity index (χ4n) is 1.92. The van der Waals surface area contributed by atoms with Gasteiger partial charge in [0.15, 0.2) is 0 Å². The maximum Gasteiger partial charge on any atom is 0.242 e. The first-order chi connectivity index (χ1) is 8.77. The number of nitrogens with zero attached hydrogens (tertiary/aromatic N) is 2. The van der Waals surface area contributed by atoms with Gasteiger partial charge in [-0.2, -0.15) is 0 Å². The van der Waals surface area contributed by atoms with E-state index in [9.17, 15) is 9.59 Å². The van der Waals surface area contributed by atoms with E-state index in [0.717, 1.165) is 6.42 Å². The molecule has 2 N–H and O–H groups in total. The molecule has 1 rings (SSSR count). The summed E-state index contributed by atoms with van der Waals surface area (Å²) in [5, 5.41) is 0. The van der Waals surface area contributed by atoms with Gasteiger partial charge in [-0.3, -0.25) is 9.59 Å². The first-order valence-electron chi connectivity index (χ1n) is 6.63. The summed E-state index contributed by atoms with van der Waals surface area (Å²) in [6.07, 6.45) is 1.54. The van der Waals surface area contributed by atoms with Crippen LogP contribution in [0.5, 0.6) is 0 Å². The lowest BCUT2D eigenvalue weighted by Crippen LogP contribution is -2.54. The molecule has 1 saturated heterocycles. The molecule has 0 radical (unpaired) electrons. The normalized spacial score (nSPS) is 17.0. The van der Waals surface area contributed by atoms with Gasteiger partial charge in [-0.1, -0.05) is 33.0 Å². The molecule has 0 bridgehead atoms. The molecule has 1 fully saturated rings. The van der Waals surface area contributed by atoms with Crippen molar-refractivity contribution in [2.45, 2.75) is 33.6 Å². The Hall–Kier alpha value is -1.17. The molecule has 0 aliphatic carbocycles. The quantitative estimate of drug-likeness (QED) is 0.732. The predicted molar refractivity (Wildman–Crippen MR) is 78.6 cm³/mol. The lowest BCUT2D eigenvalue weighted by atomic mass is 9.89.